The number of benzene rings is 2. The summed E-state index contributed by atoms with van der Waals surface area (Å²) in [5.41, 5.74) is 4.25. The number of anilines is 2. The van der Waals surface area contributed by atoms with E-state index >= 15 is 0 Å². The Hall–Kier alpha value is -3.47. The van der Waals surface area contributed by atoms with E-state index in [-0.39, 0.29) is 11.8 Å². The van der Waals surface area contributed by atoms with Crippen LogP contribution >= 0.6 is 0 Å². The molecule has 5 heteroatoms. The number of carbonyl (C=O) groups is 2. The first-order chi connectivity index (χ1) is 12.5. The zero-order chi connectivity index (χ0) is 18.5. The Morgan fingerprint density at radius 1 is 0.846 bits per heavy atom. The van der Waals surface area contributed by atoms with Crippen LogP contribution in [0.1, 0.15) is 31.8 Å². The van der Waals surface area contributed by atoms with E-state index in [2.05, 4.69) is 15.6 Å². The van der Waals surface area contributed by atoms with Crippen molar-refractivity contribution in [1.29, 1.82) is 0 Å². The molecule has 0 bridgehead atoms. The SMILES string of the molecule is Cc1ccc(C)c(C(=O)Nc2cccc(NC(=O)c3cccnc3)c2)c1. The first kappa shape index (κ1) is 17.4. The van der Waals surface area contributed by atoms with Crippen molar-refractivity contribution >= 4 is 23.2 Å². The molecule has 1 heterocycles. The maximum atomic E-state index is 12.5. The standard InChI is InChI=1S/C21H19N3O2/c1-14-8-9-15(2)19(11-14)21(26)24-18-7-3-6-17(12-18)23-20(25)16-5-4-10-22-13-16/h3-13H,1-2H3,(H,23,25)(H,24,26). The number of nitrogens with zero attached hydrogens (tertiary/aromatic N) is 1. The van der Waals surface area contributed by atoms with Gasteiger partial charge in [0.15, 0.2) is 0 Å². The second kappa shape index (κ2) is 7.61. The van der Waals surface area contributed by atoms with Crippen molar-refractivity contribution in [3.8, 4) is 0 Å². The van der Waals surface area contributed by atoms with Gasteiger partial charge in [-0.05, 0) is 55.8 Å². The number of hydrogen-bond acceptors (Lipinski definition) is 3. The minimum atomic E-state index is -0.254. The van der Waals surface area contributed by atoms with Crippen LogP contribution < -0.4 is 10.6 Å². The lowest BCUT2D eigenvalue weighted by Crippen LogP contribution is -2.15. The van der Waals surface area contributed by atoms with E-state index in [1.807, 2.05) is 32.0 Å². The second-order valence-electron chi connectivity index (χ2n) is 6.05. The van der Waals surface area contributed by atoms with Gasteiger partial charge in [-0.1, -0.05) is 23.8 Å². The van der Waals surface area contributed by atoms with Gasteiger partial charge in [0.2, 0.25) is 0 Å². The Labute approximate surface area is 152 Å². The number of pyridine rings is 1. The molecule has 0 radical (unpaired) electrons. The second-order valence-corrected chi connectivity index (χ2v) is 6.05. The lowest BCUT2D eigenvalue weighted by molar-refractivity contribution is 0.101. The van der Waals surface area contributed by atoms with Crippen molar-refractivity contribution in [2.45, 2.75) is 13.8 Å². The molecular formula is C21H19N3O2. The van der Waals surface area contributed by atoms with Crippen LogP contribution in [0, 0.1) is 13.8 Å². The number of carbonyl (C=O) groups excluding carboxylic acids is 2. The monoisotopic (exact) mass is 345 g/mol. The van der Waals surface area contributed by atoms with E-state index in [0.29, 0.717) is 22.5 Å². The largest absolute Gasteiger partial charge is 0.322 e. The molecular weight excluding hydrogens is 326 g/mol. The molecule has 0 saturated heterocycles. The van der Waals surface area contributed by atoms with Crippen LogP contribution in [0.3, 0.4) is 0 Å². The van der Waals surface area contributed by atoms with Gasteiger partial charge in [0.1, 0.15) is 0 Å². The molecule has 0 aliphatic carbocycles. The molecule has 0 saturated carbocycles. The van der Waals surface area contributed by atoms with Crippen LogP contribution in [-0.2, 0) is 0 Å². The molecule has 3 aromatic rings. The minimum absolute atomic E-state index is 0.179. The van der Waals surface area contributed by atoms with Crippen molar-refractivity contribution in [2.75, 3.05) is 10.6 Å². The van der Waals surface area contributed by atoms with Crippen molar-refractivity contribution in [3.63, 3.8) is 0 Å². The zero-order valence-electron chi connectivity index (χ0n) is 14.6. The van der Waals surface area contributed by atoms with E-state index in [1.54, 1.807) is 42.6 Å². The van der Waals surface area contributed by atoms with Crippen LogP contribution in [-0.4, -0.2) is 16.8 Å². The van der Waals surface area contributed by atoms with Gasteiger partial charge in [-0.2, -0.15) is 0 Å². The highest BCUT2D eigenvalue weighted by Crippen LogP contribution is 2.18. The predicted octanol–water partition coefficient (Wildman–Crippen LogP) is 4.20. The Balaban J connectivity index is 1.74. The molecule has 2 aromatic carbocycles. The Bertz CT molecular complexity index is 952. The summed E-state index contributed by atoms with van der Waals surface area (Å²) < 4.78 is 0. The summed E-state index contributed by atoms with van der Waals surface area (Å²) in [6.45, 7) is 3.85. The highest BCUT2D eigenvalue weighted by molar-refractivity contribution is 6.07. The third-order valence-electron chi connectivity index (χ3n) is 3.94. The molecule has 0 aliphatic heterocycles. The van der Waals surface area contributed by atoms with Crippen molar-refractivity contribution < 1.29 is 9.59 Å². The smallest absolute Gasteiger partial charge is 0.257 e. The molecule has 0 fully saturated rings. The van der Waals surface area contributed by atoms with Crippen molar-refractivity contribution in [3.05, 3.63) is 89.2 Å². The maximum absolute atomic E-state index is 12.5. The first-order valence-corrected chi connectivity index (χ1v) is 8.23. The summed E-state index contributed by atoms with van der Waals surface area (Å²) in [7, 11) is 0. The predicted molar refractivity (Wildman–Crippen MR) is 103 cm³/mol. The van der Waals surface area contributed by atoms with E-state index in [4.69, 9.17) is 0 Å². The van der Waals surface area contributed by atoms with E-state index in [0.717, 1.165) is 11.1 Å². The first-order valence-electron chi connectivity index (χ1n) is 8.23. The molecule has 0 unspecified atom stereocenters. The van der Waals surface area contributed by atoms with Gasteiger partial charge >= 0.3 is 0 Å². The summed E-state index contributed by atoms with van der Waals surface area (Å²) in [5.74, 6) is -0.432. The van der Waals surface area contributed by atoms with E-state index < -0.39 is 0 Å². The van der Waals surface area contributed by atoms with Crippen LogP contribution in [0.5, 0.6) is 0 Å². The van der Waals surface area contributed by atoms with Crippen molar-refractivity contribution in [2.24, 2.45) is 0 Å². The maximum Gasteiger partial charge on any atom is 0.257 e. The molecule has 5 nitrogen and oxygen atoms in total. The molecule has 3 rings (SSSR count). The van der Waals surface area contributed by atoms with Crippen LogP contribution in [0.4, 0.5) is 11.4 Å². The molecule has 0 aliphatic rings. The number of hydrogen-bond donors (Lipinski definition) is 2. The third kappa shape index (κ3) is 4.13. The van der Waals surface area contributed by atoms with Gasteiger partial charge in [0.05, 0.1) is 5.56 Å². The molecule has 0 atom stereocenters. The van der Waals surface area contributed by atoms with E-state index in [9.17, 15) is 9.59 Å². The number of amides is 2. The number of aryl methyl sites for hydroxylation is 2. The van der Waals surface area contributed by atoms with Gasteiger partial charge < -0.3 is 10.6 Å². The van der Waals surface area contributed by atoms with E-state index in [1.165, 1.54) is 6.20 Å². The van der Waals surface area contributed by atoms with Gasteiger partial charge in [-0.25, -0.2) is 0 Å². The van der Waals surface area contributed by atoms with Gasteiger partial charge in [-0.15, -0.1) is 0 Å². The summed E-state index contributed by atoms with van der Waals surface area (Å²) in [4.78, 5) is 28.7. The molecule has 130 valence electrons. The highest BCUT2D eigenvalue weighted by Gasteiger charge is 2.11. The Morgan fingerprint density at radius 3 is 2.27 bits per heavy atom. The fraction of sp³-hybridized carbons (Fsp3) is 0.0952. The normalized spacial score (nSPS) is 10.2. The molecule has 1 aromatic heterocycles. The molecule has 2 N–H and O–H groups in total. The van der Waals surface area contributed by atoms with Crippen LogP contribution in [0.15, 0.2) is 67.0 Å². The summed E-state index contributed by atoms with van der Waals surface area (Å²) in [5, 5.41) is 5.68. The molecule has 2 amide bonds. The zero-order valence-corrected chi connectivity index (χ0v) is 14.6. The fourth-order valence-corrected chi connectivity index (χ4v) is 2.55. The van der Waals surface area contributed by atoms with Crippen LogP contribution in [0.25, 0.3) is 0 Å². The van der Waals surface area contributed by atoms with Gasteiger partial charge in [-0.3, -0.25) is 14.6 Å². The van der Waals surface area contributed by atoms with Gasteiger partial charge in [0, 0.05) is 29.3 Å². The summed E-state index contributed by atoms with van der Waals surface area (Å²) >= 11 is 0. The summed E-state index contributed by atoms with van der Waals surface area (Å²) in [6.07, 6.45) is 3.11. The van der Waals surface area contributed by atoms with Crippen molar-refractivity contribution in [1.82, 2.24) is 4.98 Å². The average molecular weight is 345 g/mol. The lowest BCUT2D eigenvalue weighted by atomic mass is 10.0. The number of nitrogens with one attached hydrogen (secondary N) is 2. The topological polar surface area (TPSA) is 71.1 Å². The number of aromatic nitrogens is 1. The molecule has 0 spiro atoms. The van der Waals surface area contributed by atoms with Crippen LogP contribution in [0.2, 0.25) is 0 Å². The lowest BCUT2D eigenvalue weighted by Gasteiger charge is -2.10. The van der Waals surface area contributed by atoms with Gasteiger partial charge in [0.25, 0.3) is 11.8 Å². The average Bonchev–Trinajstić information content (AvgIpc) is 2.64. The fourth-order valence-electron chi connectivity index (χ4n) is 2.55. The Kier molecular flexibility index (Phi) is 5.08. The molecule has 26 heavy (non-hydrogen) atoms. The quantitative estimate of drug-likeness (QED) is 0.744. The number of rotatable bonds is 4. The highest BCUT2D eigenvalue weighted by atomic mass is 16.2. The third-order valence-corrected chi connectivity index (χ3v) is 3.94. The Morgan fingerprint density at radius 2 is 1.58 bits per heavy atom. The summed E-state index contributed by atoms with van der Waals surface area (Å²) in [6, 6.07) is 16.2. The minimum Gasteiger partial charge on any atom is -0.322 e.